The van der Waals surface area contributed by atoms with Gasteiger partial charge in [-0.1, -0.05) is 274 Å². The van der Waals surface area contributed by atoms with Crippen molar-refractivity contribution in [3.05, 3.63) is 170 Å². The molecule has 0 aliphatic heterocycles. The van der Waals surface area contributed by atoms with E-state index in [0.717, 1.165) is 148 Å². The van der Waals surface area contributed by atoms with Gasteiger partial charge in [-0.2, -0.15) is 0 Å². The van der Waals surface area contributed by atoms with Gasteiger partial charge in [-0.15, -0.1) is 0 Å². The van der Waals surface area contributed by atoms with Crippen LogP contribution in [0.3, 0.4) is 0 Å². The van der Waals surface area contributed by atoms with Crippen LogP contribution in [-0.2, 0) is 28.6 Å². The molecule has 0 aliphatic rings. The van der Waals surface area contributed by atoms with Crippen molar-refractivity contribution < 1.29 is 28.6 Å². The van der Waals surface area contributed by atoms with Crippen molar-refractivity contribution in [2.45, 2.75) is 284 Å². The fraction of sp³-hybridized carbons (Fsp3) is 0.597. The quantitative estimate of drug-likeness (QED) is 0.0261. The van der Waals surface area contributed by atoms with E-state index in [2.05, 4.69) is 191 Å². The third kappa shape index (κ3) is 67.4. The fourth-order valence-corrected chi connectivity index (χ4v) is 8.71. The van der Waals surface area contributed by atoms with E-state index in [1.54, 1.807) is 0 Å². The highest BCUT2D eigenvalue weighted by Crippen LogP contribution is 2.14. The fourth-order valence-electron chi connectivity index (χ4n) is 8.71. The van der Waals surface area contributed by atoms with Gasteiger partial charge in [0, 0.05) is 19.3 Å². The number of carbonyl (C=O) groups is 3. The molecule has 0 heterocycles. The minimum atomic E-state index is -0.820. The Labute approximate surface area is 511 Å². The van der Waals surface area contributed by atoms with Crippen molar-refractivity contribution in [1.29, 1.82) is 0 Å². The topological polar surface area (TPSA) is 78.9 Å². The van der Waals surface area contributed by atoms with Gasteiger partial charge in [0.2, 0.25) is 0 Å². The summed E-state index contributed by atoms with van der Waals surface area (Å²) in [7, 11) is 0. The monoisotopic (exact) mass is 1140 g/mol. The normalized spacial score (nSPS) is 13.2. The molecule has 0 N–H and O–H groups in total. The molecule has 466 valence electrons. The zero-order valence-electron chi connectivity index (χ0n) is 53.4. The van der Waals surface area contributed by atoms with E-state index in [4.69, 9.17) is 14.2 Å². The lowest BCUT2D eigenvalue weighted by Crippen LogP contribution is -2.30. The molecule has 0 saturated heterocycles. The standard InChI is InChI=1S/C77H122O6/c1-4-7-10-13-16-19-22-25-28-31-33-35-36-37-38-39-40-42-43-46-49-52-55-58-61-64-67-70-76(79)82-73-74(72-81-75(78)69-66-63-60-57-54-51-48-45-30-27-24-21-18-15-12-9-6-3)83-77(80)71-68-65-62-59-56-53-50-47-44-41-34-32-29-26-23-20-17-14-11-8-5-2/h7,9-10,12,16,18-19,21,23,25-28,30,32-35,37-38,40,42,46,48-49,51,55,58,74H,4-6,8,11,13-15,17,20,22,24,29,31,36,39,41,43-45,47,50,52-54,56-57,59-73H2,1-3H3/b10-7-,12-9-,19-16-,21-18-,26-23-,28-25-,30-27-,34-32-,35-33-,38-37-,42-40-,49-46-,51-48-,58-55-. The molecular formula is C77H122O6. The van der Waals surface area contributed by atoms with Gasteiger partial charge in [0.1, 0.15) is 13.2 Å². The molecule has 0 aromatic rings. The first-order valence-corrected chi connectivity index (χ1v) is 33.6. The Morgan fingerprint density at radius 1 is 0.253 bits per heavy atom. The lowest BCUT2D eigenvalue weighted by molar-refractivity contribution is -0.167. The maximum absolute atomic E-state index is 12.9. The molecule has 6 heteroatoms. The predicted octanol–water partition coefficient (Wildman–Crippen LogP) is 23.4. The maximum atomic E-state index is 12.9. The third-order valence-electron chi connectivity index (χ3n) is 13.7. The smallest absolute Gasteiger partial charge is 0.306 e. The van der Waals surface area contributed by atoms with Crippen molar-refractivity contribution in [1.82, 2.24) is 0 Å². The molecular weight excluding hydrogens is 1020 g/mol. The summed E-state index contributed by atoms with van der Waals surface area (Å²) in [5.41, 5.74) is 0. The van der Waals surface area contributed by atoms with E-state index < -0.39 is 6.10 Å². The first-order valence-electron chi connectivity index (χ1n) is 33.6. The third-order valence-corrected chi connectivity index (χ3v) is 13.7. The van der Waals surface area contributed by atoms with E-state index in [1.807, 2.05) is 0 Å². The molecule has 0 saturated carbocycles. The summed E-state index contributed by atoms with van der Waals surface area (Å²) >= 11 is 0. The summed E-state index contributed by atoms with van der Waals surface area (Å²) in [6.45, 7) is 6.34. The van der Waals surface area contributed by atoms with Crippen LogP contribution in [0.5, 0.6) is 0 Å². The predicted molar refractivity (Wildman–Crippen MR) is 361 cm³/mol. The summed E-state index contributed by atoms with van der Waals surface area (Å²) in [5.74, 6) is -0.986. The summed E-state index contributed by atoms with van der Waals surface area (Å²) in [4.78, 5) is 38.4. The Bertz CT molecular complexity index is 1890. The van der Waals surface area contributed by atoms with Crippen LogP contribution in [0.1, 0.15) is 278 Å². The van der Waals surface area contributed by atoms with Crippen LogP contribution in [0.25, 0.3) is 0 Å². The molecule has 0 rings (SSSR count). The lowest BCUT2D eigenvalue weighted by Gasteiger charge is -2.18. The number of rotatable bonds is 59. The minimum Gasteiger partial charge on any atom is -0.462 e. The van der Waals surface area contributed by atoms with Crippen LogP contribution >= 0.6 is 0 Å². The van der Waals surface area contributed by atoms with Gasteiger partial charge >= 0.3 is 17.9 Å². The largest absolute Gasteiger partial charge is 0.462 e. The first-order chi connectivity index (χ1) is 41.0. The van der Waals surface area contributed by atoms with Gasteiger partial charge in [0.15, 0.2) is 6.10 Å². The number of esters is 3. The molecule has 1 atom stereocenters. The Balaban J connectivity index is 4.53. The lowest BCUT2D eigenvalue weighted by atomic mass is 10.1. The maximum Gasteiger partial charge on any atom is 0.306 e. The molecule has 0 radical (unpaired) electrons. The molecule has 1 unspecified atom stereocenters. The highest BCUT2D eigenvalue weighted by atomic mass is 16.6. The van der Waals surface area contributed by atoms with E-state index in [-0.39, 0.29) is 37.5 Å². The summed E-state index contributed by atoms with van der Waals surface area (Å²) in [6, 6.07) is 0. The molecule has 0 aliphatic carbocycles. The van der Waals surface area contributed by atoms with Crippen molar-refractivity contribution in [2.24, 2.45) is 0 Å². The number of ether oxygens (including phenoxy) is 3. The van der Waals surface area contributed by atoms with Gasteiger partial charge in [-0.05, 0) is 154 Å². The molecule has 0 fully saturated rings. The van der Waals surface area contributed by atoms with Crippen molar-refractivity contribution in [3.8, 4) is 0 Å². The number of unbranched alkanes of at least 4 members (excludes halogenated alkanes) is 20. The molecule has 0 spiro atoms. The number of allylic oxidation sites excluding steroid dienone is 28. The Hall–Kier alpha value is -5.23. The average molecular weight is 1140 g/mol. The van der Waals surface area contributed by atoms with Crippen LogP contribution in [0.2, 0.25) is 0 Å². The van der Waals surface area contributed by atoms with Gasteiger partial charge in [0.25, 0.3) is 0 Å². The van der Waals surface area contributed by atoms with Gasteiger partial charge in [-0.3, -0.25) is 14.4 Å². The summed E-state index contributed by atoms with van der Waals surface area (Å²) < 4.78 is 16.9. The number of hydrogen-bond donors (Lipinski definition) is 0. The van der Waals surface area contributed by atoms with Gasteiger partial charge in [-0.25, -0.2) is 0 Å². The van der Waals surface area contributed by atoms with E-state index in [1.165, 1.54) is 83.5 Å². The Morgan fingerprint density at radius 2 is 0.470 bits per heavy atom. The van der Waals surface area contributed by atoms with Crippen molar-refractivity contribution in [3.63, 3.8) is 0 Å². The SMILES string of the molecule is CC/C=C\C/C=C\C/C=C\C/C=C\C/C=C\C/C=C\C/C=C\C/C=C\CCCCC(=O)OCC(COC(=O)CCCCCC/C=C\C/C=C\C/C=C\C/C=C\CC)OC(=O)CCCCCCCCCCC/C=C\C/C=C\CCCCCCC. The van der Waals surface area contributed by atoms with Crippen LogP contribution < -0.4 is 0 Å². The highest BCUT2D eigenvalue weighted by Gasteiger charge is 2.19. The van der Waals surface area contributed by atoms with Crippen LogP contribution in [0.4, 0.5) is 0 Å². The molecule has 0 amide bonds. The Morgan fingerprint density at radius 3 is 0.759 bits per heavy atom. The highest BCUT2D eigenvalue weighted by molar-refractivity contribution is 5.71. The van der Waals surface area contributed by atoms with E-state index in [0.29, 0.717) is 19.3 Å². The minimum absolute atomic E-state index is 0.114. The molecule has 0 aromatic heterocycles. The number of hydrogen-bond acceptors (Lipinski definition) is 6. The van der Waals surface area contributed by atoms with E-state index >= 15 is 0 Å². The number of carbonyl (C=O) groups excluding carboxylic acids is 3. The molecule has 0 aromatic carbocycles. The molecule has 83 heavy (non-hydrogen) atoms. The van der Waals surface area contributed by atoms with E-state index in [9.17, 15) is 14.4 Å². The first kappa shape index (κ1) is 77.8. The van der Waals surface area contributed by atoms with Crippen molar-refractivity contribution in [2.75, 3.05) is 13.2 Å². The molecule has 6 nitrogen and oxygen atoms in total. The van der Waals surface area contributed by atoms with Crippen LogP contribution in [0, 0.1) is 0 Å². The average Bonchev–Trinajstić information content (AvgIpc) is 3.49. The van der Waals surface area contributed by atoms with Gasteiger partial charge < -0.3 is 14.2 Å². The second-order valence-electron chi connectivity index (χ2n) is 21.6. The second kappa shape index (κ2) is 69.3. The van der Waals surface area contributed by atoms with Crippen molar-refractivity contribution >= 4 is 17.9 Å². The van der Waals surface area contributed by atoms with Gasteiger partial charge in [0.05, 0.1) is 0 Å². The second-order valence-corrected chi connectivity index (χ2v) is 21.6. The Kier molecular flexibility index (Phi) is 64.9. The molecule has 0 bridgehead atoms. The zero-order chi connectivity index (χ0) is 59.9. The van der Waals surface area contributed by atoms with Crippen LogP contribution in [-0.4, -0.2) is 37.2 Å². The summed E-state index contributed by atoms with van der Waals surface area (Å²) in [5, 5.41) is 0. The summed E-state index contributed by atoms with van der Waals surface area (Å²) in [6.07, 6.45) is 102. The van der Waals surface area contributed by atoms with Crippen LogP contribution in [0.15, 0.2) is 170 Å². The zero-order valence-corrected chi connectivity index (χ0v) is 53.4.